The van der Waals surface area contributed by atoms with Crippen LogP contribution >= 0.6 is 0 Å². The number of nitrogens with one attached hydrogen (secondary N) is 1. The SMILES string of the molecule is C=C(NN1CCN(c2ccccc2)CC1)c1cccc(OC)c1. The summed E-state index contributed by atoms with van der Waals surface area (Å²) < 4.78 is 5.27. The molecule has 3 rings (SSSR count). The lowest BCUT2D eigenvalue weighted by Crippen LogP contribution is -2.51. The molecule has 0 saturated carbocycles. The number of rotatable bonds is 5. The van der Waals surface area contributed by atoms with E-state index in [-0.39, 0.29) is 0 Å². The van der Waals surface area contributed by atoms with Crippen LogP contribution in [0.15, 0.2) is 61.2 Å². The number of piperazine rings is 1. The maximum Gasteiger partial charge on any atom is 0.119 e. The van der Waals surface area contributed by atoms with Crippen molar-refractivity contribution in [1.82, 2.24) is 10.4 Å². The van der Waals surface area contributed by atoms with Gasteiger partial charge in [-0.05, 0) is 24.3 Å². The van der Waals surface area contributed by atoms with Gasteiger partial charge in [0.2, 0.25) is 0 Å². The van der Waals surface area contributed by atoms with E-state index in [1.54, 1.807) is 7.11 Å². The lowest BCUT2D eigenvalue weighted by molar-refractivity contribution is 0.215. The zero-order valence-electron chi connectivity index (χ0n) is 13.5. The van der Waals surface area contributed by atoms with Gasteiger partial charge in [0.25, 0.3) is 0 Å². The summed E-state index contributed by atoms with van der Waals surface area (Å²) in [6.45, 7) is 8.07. The molecule has 1 saturated heterocycles. The molecule has 0 bridgehead atoms. The number of nitrogens with zero attached hydrogens (tertiary/aromatic N) is 2. The first-order chi connectivity index (χ1) is 11.3. The number of methoxy groups -OCH3 is 1. The second kappa shape index (κ2) is 7.20. The van der Waals surface area contributed by atoms with Crippen molar-refractivity contribution >= 4 is 11.4 Å². The molecule has 4 heteroatoms. The molecule has 1 fully saturated rings. The Hall–Kier alpha value is -2.46. The molecule has 0 spiro atoms. The van der Waals surface area contributed by atoms with E-state index in [2.05, 4.69) is 52.2 Å². The second-order valence-electron chi connectivity index (χ2n) is 5.63. The van der Waals surface area contributed by atoms with Gasteiger partial charge in [0.05, 0.1) is 7.11 Å². The number of benzene rings is 2. The number of anilines is 1. The average molecular weight is 309 g/mol. The van der Waals surface area contributed by atoms with E-state index in [0.29, 0.717) is 0 Å². The monoisotopic (exact) mass is 309 g/mol. The molecule has 1 aliphatic heterocycles. The van der Waals surface area contributed by atoms with Crippen LogP contribution in [0.25, 0.3) is 5.70 Å². The summed E-state index contributed by atoms with van der Waals surface area (Å²) in [4.78, 5) is 2.41. The summed E-state index contributed by atoms with van der Waals surface area (Å²) in [6, 6.07) is 18.5. The minimum absolute atomic E-state index is 0.847. The molecule has 0 aromatic heterocycles. The molecule has 1 aliphatic rings. The molecular formula is C19H23N3O. The molecule has 1 heterocycles. The lowest BCUT2D eigenvalue weighted by atomic mass is 10.1. The summed E-state index contributed by atoms with van der Waals surface area (Å²) in [6.07, 6.45) is 0. The topological polar surface area (TPSA) is 27.7 Å². The smallest absolute Gasteiger partial charge is 0.119 e. The van der Waals surface area contributed by atoms with Gasteiger partial charge in [0, 0.05) is 43.1 Å². The predicted octanol–water partition coefficient (Wildman–Crippen LogP) is 2.99. The Morgan fingerprint density at radius 2 is 1.74 bits per heavy atom. The molecule has 0 amide bonds. The van der Waals surface area contributed by atoms with Gasteiger partial charge in [0.15, 0.2) is 0 Å². The molecule has 0 atom stereocenters. The normalized spacial score (nSPS) is 15.3. The van der Waals surface area contributed by atoms with Crippen molar-refractivity contribution < 1.29 is 4.74 Å². The van der Waals surface area contributed by atoms with Gasteiger partial charge in [-0.25, -0.2) is 5.01 Å². The molecule has 2 aromatic carbocycles. The van der Waals surface area contributed by atoms with E-state index < -0.39 is 0 Å². The van der Waals surface area contributed by atoms with E-state index in [4.69, 9.17) is 4.74 Å². The highest BCUT2D eigenvalue weighted by molar-refractivity contribution is 5.62. The van der Waals surface area contributed by atoms with Crippen LogP contribution < -0.4 is 15.1 Å². The van der Waals surface area contributed by atoms with E-state index in [9.17, 15) is 0 Å². The van der Waals surface area contributed by atoms with Gasteiger partial charge in [-0.2, -0.15) is 0 Å². The third kappa shape index (κ3) is 3.85. The zero-order valence-corrected chi connectivity index (χ0v) is 13.5. The molecule has 4 nitrogen and oxygen atoms in total. The van der Waals surface area contributed by atoms with Crippen LogP contribution in [0, 0.1) is 0 Å². The number of hydrogen-bond acceptors (Lipinski definition) is 4. The molecule has 120 valence electrons. The van der Waals surface area contributed by atoms with Crippen LogP contribution in [0.2, 0.25) is 0 Å². The Labute approximate surface area is 138 Å². The average Bonchev–Trinajstić information content (AvgIpc) is 2.63. The Morgan fingerprint density at radius 1 is 1.00 bits per heavy atom. The Morgan fingerprint density at radius 3 is 2.43 bits per heavy atom. The summed E-state index contributed by atoms with van der Waals surface area (Å²) >= 11 is 0. The van der Waals surface area contributed by atoms with Crippen molar-refractivity contribution in [2.45, 2.75) is 0 Å². The Kier molecular flexibility index (Phi) is 4.83. The molecular weight excluding hydrogens is 286 g/mol. The lowest BCUT2D eigenvalue weighted by Gasteiger charge is -2.37. The van der Waals surface area contributed by atoms with Crippen LogP contribution in [0.1, 0.15) is 5.56 Å². The van der Waals surface area contributed by atoms with Gasteiger partial charge in [-0.15, -0.1) is 0 Å². The van der Waals surface area contributed by atoms with Crippen molar-refractivity contribution in [2.24, 2.45) is 0 Å². The van der Waals surface area contributed by atoms with Gasteiger partial charge >= 0.3 is 0 Å². The minimum atomic E-state index is 0.847. The van der Waals surface area contributed by atoms with Crippen molar-refractivity contribution in [3.05, 3.63) is 66.7 Å². The van der Waals surface area contributed by atoms with Crippen LogP contribution in [0.5, 0.6) is 5.75 Å². The van der Waals surface area contributed by atoms with E-state index >= 15 is 0 Å². The van der Waals surface area contributed by atoms with Crippen LogP contribution in [0.3, 0.4) is 0 Å². The molecule has 0 unspecified atom stereocenters. The van der Waals surface area contributed by atoms with Crippen molar-refractivity contribution in [1.29, 1.82) is 0 Å². The van der Waals surface area contributed by atoms with E-state index in [1.165, 1.54) is 5.69 Å². The van der Waals surface area contributed by atoms with Gasteiger partial charge in [0.1, 0.15) is 5.75 Å². The number of hydrazine groups is 1. The van der Waals surface area contributed by atoms with Crippen LogP contribution in [-0.2, 0) is 0 Å². The van der Waals surface area contributed by atoms with Crippen LogP contribution in [-0.4, -0.2) is 38.3 Å². The number of hydrogen-bond donors (Lipinski definition) is 1. The van der Waals surface area contributed by atoms with Crippen molar-refractivity contribution in [3.63, 3.8) is 0 Å². The highest BCUT2D eigenvalue weighted by Gasteiger charge is 2.17. The van der Waals surface area contributed by atoms with E-state index in [1.807, 2.05) is 24.3 Å². The Balaban J connectivity index is 1.55. The fraction of sp³-hybridized carbons (Fsp3) is 0.263. The summed E-state index contributed by atoms with van der Waals surface area (Å²) in [5.74, 6) is 0.847. The maximum absolute atomic E-state index is 5.27. The van der Waals surface area contributed by atoms with Crippen molar-refractivity contribution in [2.75, 3.05) is 38.2 Å². The molecule has 0 aliphatic carbocycles. The maximum atomic E-state index is 5.27. The Bertz CT molecular complexity index is 649. The first-order valence-electron chi connectivity index (χ1n) is 7.91. The fourth-order valence-corrected chi connectivity index (χ4v) is 2.78. The second-order valence-corrected chi connectivity index (χ2v) is 5.63. The van der Waals surface area contributed by atoms with Crippen molar-refractivity contribution in [3.8, 4) is 5.75 Å². The minimum Gasteiger partial charge on any atom is -0.497 e. The largest absolute Gasteiger partial charge is 0.497 e. The third-order valence-electron chi connectivity index (χ3n) is 4.11. The first kappa shape index (κ1) is 15.4. The fourth-order valence-electron chi connectivity index (χ4n) is 2.78. The zero-order chi connectivity index (χ0) is 16.1. The highest BCUT2D eigenvalue weighted by Crippen LogP contribution is 2.19. The number of ether oxygens (including phenoxy) is 1. The van der Waals surface area contributed by atoms with Gasteiger partial charge in [-0.1, -0.05) is 36.9 Å². The summed E-state index contributed by atoms with van der Waals surface area (Å²) in [7, 11) is 1.68. The van der Waals surface area contributed by atoms with Gasteiger partial charge < -0.3 is 15.1 Å². The quantitative estimate of drug-likeness (QED) is 0.919. The number of para-hydroxylation sites is 1. The molecule has 2 aromatic rings. The van der Waals surface area contributed by atoms with Gasteiger partial charge in [-0.3, -0.25) is 0 Å². The first-order valence-corrected chi connectivity index (χ1v) is 7.91. The standard InChI is InChI=1S/C19H23N3O/c1-16(17-7-6-10-19(15-17)23-2)20-22-13-11-21(12-14-22)18-8-4-3-5-9-18/h3-10,15,20H,1,11-14H2,2H3. The summed E-state index contributed by atoms with van der Waals surface area (Å²) in [5.41, 5.74) is 6.66. The van der Waals surface area contributed by atoms with Crippen LogP contribution in [0.4, 0.5) is 5.69 Å². The highest BCUT2D eigenvalue weighted by atomic mass is 16.5. The molecule has 1 N–H and O–H groups in total. The predicted molar refractivity (Wildman–Crippen MR) is 95.4 cm³/mol. The summed E-state index contributed by atoms with van der Waals surface area (Å²) in [5, 5.41) is 2.22. The van der Waals surface area contributed by atoms with E-state index in [0.717, 1.165) is 43.2 Å². The third-order valence-corrected chi connectivity index (χ3v) is 4.11. The molecule has 0 radical (unpaired) electrons. The molecule has 23 heavy (non-hydrogen) atoms.